The first-order valence-corrected chi connectivity index (χ1v) is 3.96. The average molecular weight is 185 g/mol. The molecule has 0 amide bonds. The highest BCUT2D eigenvalue weighted by molar-refractivity contribution is 7.71. The Morgan fingerprint density at radius 3 is 2.75 bits per heavy atom. The van der Waals surface area contributed by atoms with E-state index >= 15 is 0 Å². The zero-order valence-corrected chi connectivity index (χ0v) is 7.86. The van der Waals surface area contributed by atoms with Crippen molar-refractivity contribution in [2.24, 2.45) is 0 Å². The summed E-state index contributed by atoms with van der Waals surface area (Å²) in [7, 11) is 3.81. The molecule has 12 heavy (non-hydrogen) atoms. The summed E-state index contributed by atoms with van der Waals surface area (Å²) in [5, 5.41) is 0. The molecule has 1 aromatic heterocycles. The van der Waals surface area contributed by atoms with E-state index in [1.807, 2.05) is 19.0 Å². The lowest BCUT2D eigenvalue weighted by Crippen LogP contribution is -2.20. The molecule has 4 nitrogen and oxygen atoms in total. The molecule has 0 aliphatic heterocycles. The highest BCUT2D eigenvalue weighted by Gasteiger charge is 1.99. The van der Waals surface area contributed by atoms with Crippen molar-refractivity contribution in [3.63, 3.8) is 0 Å². The van der Waals surface area contributed by atoms with Crippen molar-refractivity contribution in [3.05, 3.63) is 26.9 Å². The molecule has 0 atom stereocenters. The Morgan fingerprint density at radius 1 is 1.58 bits per heavy atom. The molecule has 0 aliphatic carbocycles. The fraction of sp³-hybridized carbons (Fsp3) is 0.429. The molecule has 0 fully saturated rings. The first-order chi connectivity index (χ1) is 5.59. The van der Waals surface area contributed by atoms with Crippen LogP contribution >= 0.6 is 12.2 Å². The minimum Gasteiger partial charge on any atom is -0.338 e. The second kappa shape index (κ2) is 3.64. The quantitative estimate of drug-likeness (QED) is 0.659. The summed E-state index contributed by atoms with van der Waals surface area (Å²) in [6.45, 7) is 0.613. The van der Waals surface area contributed by atoms with E-state index in [9.17, 15) is 4.79 Å². The van der Waals surface area contributed by atoms with Crippen molar-refractivity contribution in [2.45, 2.75) is 6.54 Å². The maximum atomic E-state index is 11.2. The Bertz CT molecular complexity index is 365. The highest BCUT2D eigenvalue weighted by Crippen LogP contribution is 1.90. The number of hydrogen-bond donors (Lipinski definition) is 2. The van der Waals surface area contributed by atoms with Crippen LogP contribution in [0.25, 0.3) is 0 Å². The van der Waals surface area contributed by atoms with Crippen LogP contribution in [-0.4, -0.2) is 29.0 Å². The second-order valence-corrected chi connectivity index (χ2v) is 3.24. The number of H-pyrrole nitrogens is 2. The van der Waals surface area contributed by atoms with Gasteiger partial charge in [-0.15, -0.1) is 0 Å². The van der Waals surface area contributed by atoms with Crippen molar-refractivity contribution in [3.8, 4) is 0 Å². The summed E-state index contributed by atoms with van der Waals surface area (Å²) in [4.78, 5) is 18.4. The maximum absolute atomic E-state index is 11.2. The summed E-state index contributed by atoms with van der Waals surface area (Å²) >= 11 is 4.75. The number of rotatable bonds is 2. The van der Waals surface area contributed by atoms with Crippen molar-refractivity contribution in [1.82, 2.24) is 14.9 Å². The Balaban J connectivity index is 3.02. The normalized spacial score (nSPS) is 10.6. The van der Waals surface area contributed by atoms with E-state index in [-0.39, 0.29) is 5.56 Å². The van der Waals surface area contributed by atoms with Crippen LogP contribution in [0.2, 0.25) is 0 Å². The lowest BCUT2D eigenvalue weighted by Gasteiger charge is -2.07. The van der Waals surface area contributed by atoms with Crippen molar-refractivity contribution >= 4 is 12.2 Å². The molecule has 1 heterocycles. The van der Waals surface area contributed by atoms with Gasteiger partial charge in [0.15, 0.2) is 4.77 Å². The number of aromatic amines is 2. The average Bonchev–Trinajstić information content (AvgIpc) is 1.94. The summed E-state index contributed by atoms with van der Waals surface area (Å²) in [6, 6.07) is 0. The van der Waals surface area contributed by atoms with Gasteiger partial charge >= 0.3 is 0 Å². The Kier molecular flexibility index (Phi) is 2.78. The van der Waals surface area contributed by atoms with Crippen LogP contribution in [0.15, 0.2) is 11.0 Å². The third kappa shape index (κ3) is 2.28. The fourth-order valence-corrected chi connectivity index (χ4v) is 1.05. The molecular formula is C7H11N3OS. The van der Waals surface area contributed by atoms with E-state index in [0.29, 0.717) is 16.9 Å². The molecule has 0 saturated heterocycles. The van der Waals surface area contributed by atoms with Crippen LogP contribution in [0.4, 0.5) is 0 Å². The second-order valence-electron chi connectivity index (χ2n) is 2.83. The molecule has 1 aromatic rings. The van der Waals surface area contributed by atoms with E-state index < -0.39 is 0 Å². The SMILES string of the molecule is CN(C)Cc1c[nH]c(=S)[nH]c1=O. The molecule has 0 saturated carbocycles. The minimum absolute atomic E-state index is 0.118. The van der Waals surface area contributed by atoms with Gasteiger partial charge in [-0.3, -0.25) is 9.78 Å². The summed E-state index contributed by atoms with van der Waals surface area (Å²) in [6.07, 6.45) is 1.64. The van der Waals surface area contributed by atoms with E-state index in [2.05, 4.69) is 9.97 Å². The van der Waals surface area contributed by atoms with Gasteiger partial charge in [0.05, 0.1) is 0 Å². The summed E-state index contributed by atoms with van der Waals surface area (Å²) in [5.41, 5.74) is 0.570. The van der Waals surface area contributed by atoms with E-state index in [4.69, 9.17) is 12.2 Å². The topological polar surface area (TPSA) is 51.9 Å². The summed E-state index contributed by atoms with van der Waals surface area (Å²) in [5.74, 6) is 0. The van der Waals surface area contributed by atoms with Gasteiger partial charge < -0.3 is 9.88 Å². The molecule has 0 spiro atoms. The highest BCUT2D eigenvalue weighted by atomic mass is 32.1. The zero-order chi connectivity index (χ0) is 9.14. The number of nitrogens with one attached hydrogen (secondary N) is 2. The Hall–Kier alpha value is -0.940. The van der Waals surface area contributed by atoms with Gasteiger partial charge in [-0.1, -0.05) is 0 Å². The van der Waals surface area contributed by atoms with Crippen LogP contribution < -0.4 is 5.56 Å². The van der Waals surface area contributed by atoms with Gasteiger partial charge in [-0.05, 0) is 26.3 Å². The minimum atomic E-state index is -0.118. The van der Waals surface area contributed by atoms with Crippen LogP contribution in [0.3, 0.4) is 0 Å². The Morgan fingerprint density at radius 2 is 2.25 bits per heavy atom. The monoisotopic (exact) mass is 185 g/mol. The predicted molar refractivity (Wildman–Crippen MR) is 49.6 cm³/mol. The fourth-order valence-electron chi connectivity index (χ4n) is 0.896. The van der Waals surface area contributed by atoms with Gasteiger partial charge in [-0.2, -0.15) is 0 Å². The predicted octanol–water partition coefficient (Wildman–Crippen LogP) is 0.494. The van der Waals surface area contributed by atoms with E-state index in [1.165, 1.54) is 0 Å². The maximum Gasteiger partial charge on any atom is 0.256 e. The van der Waals surface area contributed by atoms with Gasteiger partial charge in [0, 0.05) is 18.3 Å². The lowest BCUT2D eigenvalue weighted by atomic mass is 10.3. The van der Waals surface area contributed by atoms with Crippen molar-refractivity contribution in [1.29, 1.82) is 0 Å². The molecule has 0 unspecified atom stereocenters. The van der Waals surface area contributed by atoms with Crippen LogP contribution in [0, 0.1) is 4.77 Å². The molecule has 66 valence electrons. The lowest BCUT2D eigenvalue weighted by molar-refractivity contribution is 0.399. The van der Waals surface area contributed by atoms with E-state index in [1.54, 1.807) is 6.20 Å². The van der Waals surface area contributed by atoms with Gasteiger partial charge in [0.25, 0.3) is 5.56 Å². The molecular weight excluding hydrogens is 174 g/mol. The van der Waals surface area contributed by atoms with Crippen molar-refractivity contribution < 1.29 is 0 Å². The smallest absolute Gasteiger partial charge is 0.256 e. The summed E-state index contributed by atoms with van der Waals surface area (Å²) < 4.78 is 0.363. The van der Waals surface area contributed by atoms with Gasteiger partial charge in [-0.25, -0.2) is 0 Å². The van der Waals surface area contributed by atoms with E-state index in [0.717, 1.165) is 0 Å². The van der Waals surface area contributed by atoms with Gasteiger partial charge in [0.1, 0.15) is 0 Å². The van der Waals surface area contributed by atoms with Crippen LogP contribution in [0.5, 0.6) is 0 Å². The van der Waals surface area contributed by atoms with Crippen LogP contribution in [0.1, 0.15) is 5.56 Å². The third-order valence-corrected chi connectivity index (χ3v) is 1.60. The molecule has 5 heteroatoms. The number of nitrogens with zero attached hydrogens (tertiary/aromatic N) is 1. The van der Waals surface area contributed by atoms with Crippen molar-refractivity contribution in [2.75, 3.05) is 14.1 Å². The molecule has 0 radical (unpaired) electrons. The van der Waals surface area contributed by atoms with Crippen LogP contribution in [-0.2, 0) is 6.54 Å². The first-order valence-electron chi connectivity index (χ1n) is 3.55. The standard InChI is InChI=1S/C7H11N3OS/c1-10(2)4-5-3-8-7(12)9-6(5)11/h3H,4H2,1-2H3,(H2,8,9,11,12). The molecule has 0 aliphatic rings. The third-order valence-electron chi connectivity index (χ3n) is 1.38. The van der Waals surface area contributed by atoms with Gasteiger partial charge in [0.2, 0.25) is 0 Å². The Labute approximate surface area is 75.2 Å². The number of hydrogen-bond acceptors (Lipinski definition) is 3. The first kappa shape index (κ1) is 9.15. The largest absolute Gasteiger partial charge is 0.338 e. The molecule has 2 N–H and O–H groups in total. The number of aromatic nitrogens is 2. The zero-order valence-electron chi connectivity index (χ0n) is 7.05. The molecule has 1 rings (SSSR count). The molecule has 0 aromatic carbocycles. The molecule has 0 bridgehead atoms.